The van der Waals surface area contributed by atoms with E-state index in [4.69, 9.17) is 10.5 Å². The molecule has 7 nitrogen and oxygen atoms in total. The number of hydrogen-bond donors (Lipinski definition) is 3. The van der Waals surface area contributed by atoms with Crippen LogP contribution in [0.4, 0.5) is 4.79 Å². The van der Waals surface area contributed by atoms with Crippen LogP contribution in [0, 0.1) is 5.92 Å². The minimum absolute atomic E-state index is 0.189. The summed E-state index contributed by atoms with van der Waals surface area (Å²) in [7, 11) is 0. The van der Waals surface area contributed by atoms with E-state index in [1.807, 2.05) is 0 Å². The first-order chi connectivity index (χ1) is 11.5. The van der Waals surface area contributed by atoms with Crippen molar-refractivity contribution < 1.29 is 19.1 Å². The number of nitrogens with two attached hydrogens (primary N) is 1. The second kappa shape index (κ2) is 11.7. The van der Waals surface area contributed by atoms with Crippen LogP contribution < -0.4 is 16.4 Å². The van der Waals surface area contributed by atoms with E-state index < -0.39 is 23.6 Å². The highest BCUT2D eigenvalue weighted by molar-refractivity contribution is 5.86. The van der Waals surface area contributed by atoms with Gasteiger partial charge < -0.3 is 21.1 Å². The molecule has 0 aromatic rings. The molecule has 0 heterocycles. The predicted octanol–water partition coefficient (Wildman–Crippen LogP) is 2.48. The molecule has 0 bridgehead atoms. The number of primary amides is 1. The first-order valence-corrected chi connectivity index (χ1v) is 9.06. The Balaban J connectivity index is 4.06. The topological polar surface area (TPSA) is 111 Å². The van der Waals surface area contributed by atoms with Crippen LogP contribution in [0.15, 0.2) is 0 Å². The van der Waals surface area contributed by atoms with Crippen LogP contribution in [-0.2, 0) is 14.3 Å². The summed E-state index contributed by atoms with van der Waals surface area (Å²) in [4.78, 5) is 34.9. The quantitative estimate of drug-likeness (QED) is 0.493. The monoisotopic (exact) mass is 357 g/mol. The van der Waals surface area contributed by atoms with E-state index in [1.54, 1.807) is 20.8 Å². The van der Waals surface area contributed by atoms with E-state index in [-0.39, 0.29) is 18.9 Å². The fourth-order valence-electron chi connectivity index (χ4n) is 2.20. The third kappa shape index (κ3) is 14.3. The van der Waals surface area contributed by atoms with E-state index in [1.165, 1.54) is 0 Å². The summed E-state index contributed by atoms with van der Waals surface area (Å²) in [6, 6.07) is -0.793. The third-order valence-electron chi connectivity index (χ3n) is 3.47. The van der Waals surface area contributed by atoms with Crippen molar-refractivity contribution >= 4 is 17.9 Å². The van der Waals surface area contributed by atoms with Gasteiger partial charge in [0.2, 0.25) is 11.8 Å². The van der Waals surface area contributed by atoms with Gasteiger partial charge in [0.05, 0.1) is 0 Å². The van der Waals surface area contributed by atoms with Crippen molar-refractivity contribution in [2.75, 3.05) is 6.54 Å². The number of carbonyl (C=O) groups excluding carboxylic acids is 3. The Morgan fingerprint density at radius 3 is 2.20 bits per heavy atom. The summed E-state index contributed by atoms with van der Waals surface area (Å²) >= 11 is 0. The molecule has 1 atom stereocenters. The maximum Gasteiger partial charge on any atom is 0.407 e. The SMILES string of the molecule is CC(C)CCCCCC(=O)N[C@H](CCNC(=O)OC(C)(C)C)C(N)=O. The van der Waals surface area contributed by atoms with Crippen LogP contribution in [0.3, 0.4) is 0 Å². The normalized spacial score (nSPS) is 12.6. The zero-order valence-corrected chi connectivity index (χ0v) is 16.3. The summed E-state index contributed by atoms with van der Waals surface area (Å²) in [5.74, 6) is -0.129. The van der Waals surface area contributed by atoms with Crippen molar-refractivity contribution in [2.45, 2.75) is 84.8 Å². The molecule has 0 aliphatic carbocycles. The molecule has 7 heteroatoms. The lowest BCUT2D eigenvalue weighted by molar-refractivity contribution is -0.127. The van der Waals surface area contributed by atoms with E-state index >= 15 is 0 Å². The molecule has 0 spiro atoms. The van der Waals surface area contributed by atoms with Crippen molar-refractivity contribution in [1.82, 2.24) is 10.6 Å². The summed E-state index contributed by atoms with van der Waals surface area (Å²) in [5, 5.41) is 5.18. The molecule has 0 aliphatic rings. The molecule has 0 radical (unpaired) electrons. The average molecular weight is 357 g/mol. The molecule has 0 rings (SSSR count). The number of rotatable bonds is 11. The van der Waals surface area contributed by atoms with Gasteiger partial charge in [0.25, 0.3) is 0 Å². The molecule has 0 aromatic carbocycles. The van der Waals surface area contributed by atoms with Gasteiger partial charge in [-0.25, -0.2) is 4.79 Å². The van der Waals surface area contributed by atoms with E-state index in [0.717, 1.165) is 25.7 Å². The highest BCUT2D eigenvalue weighted by Gasteiger charge is 2.19. The molecule has 0 aromatic heterocycles. The predicted molar refractivity (Wildman–Crippen MR) is 97.9 cm³/mol. The molecular weight excluding hydrogens is 322 g/mol. The van der Waals surface area contributed by atoms with Gasteiger partial charge in [-0.05, 0) is 39.5 Å². The largest absolute Gasteiger partial charge is 0.444 e. The lowest BCUT2D eigenvalue weighted by Gasteiger charge is -2.20. The number of ether oxygens (including phenoxy) is 1. The van der Waals surface area contributed by atoms with Crippen LogP contribution in [0.25, 0.3) is 0 Å². The van der Waals surface area contributed by atoms with Crippen LogP contribution in [0.5, 0.6) is 0 Å². The smallest absolute Gasteiger partial charge is 0.407 e. The first kappa shape index (κ1) is 23.2. The van der Waals surface area contributed by atoms with Gasteiger partial charge in [0.15, 0.2) is 0 Å². The van der Waals surface area contributed by atoms with Gasteiger partial charge in [-0.2, -0.15) is 0 Å². The number of amides is 3. The van der Waals surface area contributed by atoms with Crippen LogP contribution in [0.2, 0.25) is 0 Å². The minimum atomic E-state index is -0.793. The van der Waals surface area contributed by atoms with Gasteiger partial charge in [0, 0.05) is 13.0 Å². The zero-order chi connectivity index (χ0) is 19.5. The van der Waals surface area contributed by atoms with Crippen molar-refractivity contribution in [3.8, 4) is 0 Å². The van der Waals surface area contributed by atoms with Crippen molar-refractivity contribution in [1.29, 1.82) is 0 Å². The summed E-state index contributed by atoms with van der Waals surface area (Å²) in [6.45, 7) is 9.84. The van der Waals surface area contributed by atoms with Crippen molar-refractivity contribution in [2.24, 2.45) is 11.7 Å². The Kier molecular flexibility index (Phi) is 10.9. The third-order valence-corrected chi connectivity index (χ3v) is 3.47. The summed E-state index contributed by atoms with van der Waals surface area (Å²) in [5.41, 5.74) is 4.73. The zero-order valence-electron chi connectivity index (χ0n) is 16.3. The molecule has 4 N–H and O–H groups in total. The van der Waals surface area contributed by atoms with Crippen molar-refractivity contribution in [3.63, 3.8) is 0 Å². The van der Waals surface area contributed by atoms with Crippen molar-refractivity contribution in [3.05, 3.63) is 0 Å². The minimum Gasteiger partial charge on any atom is -0.444 e. The van der Waals surface area contributed by atoms with Gasteiger partial charge in [-0.3, -0.25) is 9.59 Å². The molecule has 25 heavy (non-hydrogen) atoms. The molecule has 0 unspecified atom stereocenters. The van der Waals surface area contributed by atoms with Crippen LogP contribution >= 0.6 is 0 Å². The second-order valence-corrected chi connectivity index (χ2v) is 7.73. The van der Waals surface area contributed by atoms with Crippen LogP contribution in [0.1, 0.15) is 73.1 Å². The molecular formula is C18H35N3O4. The van der Waals surface area contributed by atoms with E-state index in [9.17, 15) is 14.4 Å². The maximum atomic E-state index is 11.9. The standard InChI is InChI=1S/C18H35N3O4/c1-13(2)9-7-6-8-10-15(22)21-14(16(19)23)11-12-20-17(24)25-18(3,4)5/h13-14H,6-12H2,1-5H3,(H2,19,23)(H,20,24)(H,21,22)/t14-/m1/s1. The number of alkyl carbamates (subject to hydrolysis) is 1. The van der Waals surface area contributed by atoms with Gasteiger partial charge >= 0.3 is 6.09 Å². The average Bonchev–Trinajstić information content (AvgIpc) is 2.43. The second-order valence-electron chi connectivity index (χ2n) is 7.73. The highest BCUT2D eigenvalue weighted by Crippen LogP contribution is 2.09. The lowest BCUT2D eigenvalue weighted by atomic mass is 10.0. The molecule has 0 saturated heterocycles. The molecule has 0 saturated carbocycles. The molecule has 146 valence electrons. The first-order valence-electron chi connectivity index (χ1n) is 9.06. The Bertz CT molecular complexity index is 431. The highest BCUT2D eigenvalue weighted by atomic mass is 16.6. The summed E-state index contributed by atoms with van der Waals surface area (Å²) < 4.78 is 5.10. The Hall–Kier alpha value is -1.79. The van der Waals surface area contributed by atoms with Gasteiger partial charge in [-0.1, -0.05) is 33.1 Å². The maximum absolute atomic E-state index is 11.9. The summed E-state index contributed by atoms with van der Waals surface area (Å²) in [6.07, 6.45) is 4.08. The fourth-order valence-corrected chi connectivity index (χ4v) is 2.20. The van der Waals surface area contributed by atoms with E-state index in [0.29, 0.717) is 12.3 Å². The number of nitrogens with one attached hydrogen (secondary N) is 2. The molecule has 0 fully saturated rings. The number of carbonyl (C=O) groups is 3. The number of hydrogen-bond acceptors (Lipinski definition) is 4. The van der Waals surface area contributed by atoms with E-state index in [2.05, 4.69) is 24.5 Å². The fraction of sp³-hybridized carbons (Fsp3) is 0.833. The number of unbranched alkanes of at least 4 members (excludes halogenated alkanes) is 2. The Labute approximate surface area is 151 Å². The van der Waals surface area contributed by atoms with Gasteiger partial charge in [0.1, 0.15) is 11.6 Å². The lowest BCUT2D eigenvalue weighted by Crippen LogP contribution is -2.46. The van der Waals surface area contributed by atoms with Crippen LogP contribution in [-0.4, -0.2) is 36.1 Å². The Morgan fingerprint density at radius 2 is 1.68 bits per heavy atom. The molecule has 0 aliphatic heterocycles. The molecule has 3 amide bonds. The van der Waals surface area contributed by atoms with Gasteiger partial charge in [-0.15, -0.1) is 0 Å². The Morgan fingerprint density at radius 1 is 1.04 bits per heavy atom.